The molecule has 1 unspecified atom stereocenters. The van der Waals surface area contributed by atoms with E-state index in [0.717, 1.165) is 31.8 Å². The fourth-order valence-corrected chi connectivity index (χ4v) is 2.48. The molecule has 0 aliphatic carbocycles. The van der Waals surface area contributed by atoms with Crippen molar-refractivity contribution >= 4 is 5.97 Å². The minimum atomic E-state index is -0.712. The lowest BCUT2D eigenvalue weighted by Gasteiger charge is -2.35. The van der Waals surface area contributed by atoms with Crippen LogP contribution in [-0.2, 0) is 11.3 Å². The van der Waals surface area contributed by atoms with Crippen LogP contribution in [0.15, 0.2) is 18.5 Å². The fraction of sp³-hybridized carbons (Fsp3) is 0.615. The summed E-state index contributed by atoms with van der Waals surface area (Å²) in [7, 11) is 0. The van der Waals surface area contributed by atoms with Gasteiger partial charge in [0.2, 0.25) is 0 Å². The first kappa shape index (κ1) is 13.0. The van der Waals surface area contributed by atoms with E-state index in [9.17, 15) is 4.79 Å². The van der Waals surface area contributed by atoms with Crippen LogP contribution >= 0.6 is 0 Å². The van der Waals surface area contributed by atoms with Gasteiger partial charge in [0.05, 0.1) is 6.54 Å². The maximum Gasteiger partial charge on any atom is 0.303 e. The zero-order chi connectivity index (χ0) is 12.8. The van der Waals surface area contributed by atoms with E-state index in [1.54, 1.807) is 12.4 Å². The molecule has 1 aromatic heterocycles. The molecule has 18 heavy (non-hydrogen) atoms. The molecule has 1 aromatic rings. The van der Waals surface area contributed by atoms with Crippen LogP contribution < -0.4 is 0 Å². The molecule has 1 aliphatic heterocycles. The van der Waals surface area contributed by atoms with E-state index >= 15 is 0 Å². The molecule has 0 radical (unpaired) electrons. The highest BCUT2D eigenvalue weighted by Gasteiger charge is 2.23. The van der Waals surface area contributed by atoms with Crippen molar-refractivity contribution in [2.45, 2.75) is 44.7 Å². The lowest BCUT2D eigenvalue weighted by atomic mass is 9.98. The Morgan fingerprint density at radius 2 is 2.17 bits per heavy atom. The van der Waals surface area contributed by atoms with Crippen LogP contribution in [0.5, 0.6) is 0 Å². The SMILES string of the molecule is O=C(O)CCC1CCCCN1Cc1ncccn1. The van der Waals surface area contributed by atoms with Crippen LogP contribution in [0.4, 0.5) is 0 Å². The van der Waals surface area contributed by atoms with Crippen molar-refractivity contribution in [2.75, 3.05) is 6.54 Å². The van der Waals surface area contributed by atoms with Crippen LogP contribution in [0.25, 0.3) is 0 Å². The standard InChI is InChI=1S/C13H19N3O2/c17-13(18)6-5-11-4-1-2-9-16(11)10-12-14-7-3-8-15-12/h3,7-8,11H,1-2,4-6,9-10H2,(H,17,18). The topological polar surface area (TPSA) is 66.3 Å². The van der Waals surface area contributed by atoms with Gasteiger partial charge in [-0.1, -0.05) is 6.42 Å². The molecule has 1 N–H and O–H groups in total. The lowest BCUT2D eigenvalue weighted by Crippen LogP contribution is -2.39. The number of carbonyl (C=O) groups is 1. The summed E-state index contributed by atoms with van der Waals surface area (Å²) in [5.74, 6) is 0.108. The Hall–Kier alpha value is -1.49. The van der Waals surface area contributed by atoms with Crippen LogP contribution in [0, 0.1) is 0 Å². The highest BCUT2D eigenvalue weighted by Crippen LogP contribution is 2.22. The monoisotopic (exact) mass is 249 g/mol. The predicted octanol–water partition coefficient (Wildman–Crippen LogP) is 1.70. The highest BCUT2D eigenvalue weighted by molar-refractivity contribution is 5.66. The number of piperidine rings is 1. The molecule has 0 saturated carbocycles. The first-order valence-corrected chi connectivity index (χ1v) is 6.47. The van der Waals surface area contributed by atoms with Crippen molar-refractivity contribution in [2.24, 2.45) is 0 Å². The van der Waals surface area contributed by atoms with E-state index < -0.39 is 5.97 Å². The number of rotatable bonds is 5. The Labute approximate surface area is 107 Å². The summed E-state index contributed by atoms with van der Waals surface area (Å²) in [4.78, 5) is 21.5. The van der Waals surface area contributed by atoms with Crippen LogP contribution in [-0.4, -0.2) is 38.5 Å². The van der Waals surface area contributed by atoms with Gasteiger partial charge in [0.15, 0.2) is 0 Å². The second-order valence-electron chi connectivity index (χ2n) is 4.72. The summed E-state index contributed by atoms with van der Waals surface area (Å²) in [6, 6.07) is 2.17. The van der Waals surface area contributed by atoms with Gasteiger partial charge in [0.25, 0.3) is 0 Å². The lowest BCUT2D eigenvalue weighted by molar-refractivity contribution is -0.137. The molecular formula is C13H19N3O2. The molecule has 1 fully saturated rings. The summed E-state index contributed by atoms with van der Waals surface area (Å²) >= 11 is 0. The molecule has 0 spiro atoms. The molecule has 0 amide bonds. The zero-order valence-corrected chi connectivity index (χ0v) is 10.5. The third-order valence-electron chi connectivity index (χ3n) is 3.40. The van der Waals surface area contributed by atoms with Gasteiger partial charge in [-0.25, -0.2) is 9.97 Å². The van der Waals surface area contributed by atoms with Crippen LogP contribution in [0.1, 0.15) is 37.9 Å². The van der Waals surface area contributed by atoms with Gasteiger partial charge in [-0.3, -0.25) is 9.69 Å². The van der Waals surface area contributed by atoms with Crippen molar-refractivity contribution in [1.29, 1.82) is 0 Å². The summed E-state index contributed by atoms with van der Waals surface area (Å²) < 4.78 is 0. The Balaban J connectivity index is 1.93. The average molecular weight is 249 g/mol. The first-order chi connectivity index (χ1) is 8.75. The van der Waals surface area contributed by atoms with Gasteiger partial charge in [-0.2, -0.15) is 0 Å². The van der Waals surface area contributed by atoms with E-state index in [2.05, 4.69) is 14.9 Å². The van der Waals surface area contributed by atoms with Gasteiger partial charge >= 0.3 is 5.97 Å². The molecule has 5 nitrogen and oxygen atoms in total. The largest absolute Gasteiger partial charge is 0.481 e. The first-order valence-electron chi connectivity index (χ1n) is 6.47. The molecule has 98 valence electrons. The molecular weight excluding hydrogens is 230 g/mol. The van der Waals surface area contributed by atoms with Crippen molar-refractivity contribution in [3.63, 3.8) is 0 Å². The molecule has 0 aromatic carbocycles. The van der Waals surface area contributed by atoms with E-state index in [-0.39, 0.29) is 6.42 Å². The van der Waals surface area contributed by atoms with Crippen molar-refractivity contribution < 1.29 is 9.90 Å². The quantitative estimate of drug-likeness (QED) is 0.860. The van der Waals surface area contributed by atoms with Crippen LogP contribution in [0.3, 0.4) is 0 Å². The van der Waals surface area contributed by atoms with Gasteiger partial charge < -0.3 is 5.11 Å². The van der Waals surface area contributed by atoms with Crippen molar-refractivity contribution in [1.82, 2.24) is 14.9 Å². The Morgan fingerprint density at radius 1 is 1.39 bits per heavy atom. The molecule has 5 heteroatoms. The van der Waals surface area contributed by atoms with E-state index in [0.29, 0.717) is 6.04 Å². The van der Waals surface area contributed by atoms with Crippen molar-refractivity contribution in [3.8, 4) is 0 Å². The maximum atomic E-state index is 10.7. The second-order valence-corrected chi connectivity index (χ2v) is 4.72. The number of hydrogen-bond donors (Lipinski definition) is 1. The number of aliphatic carboxylic acids is 1. The maximum absolute atomic E-state index is 10.7. The van der Waals surface area contributed by atoms with Gasteiger partial charge in [0, 0.05) is 24.9 Å². The molecule has 1 atom stereocenters. The van der Waals surface area contributed by atoms with Crippen LogP contribution in [0.2, 0.25) is 0 Å². The normalized spacial score (nSPS) is 20.8. The van der Waals surface area contributed by atoms with E-state index in [1.807, 2.05) is 6.07 Å². The third kappa shape index (κ3) is 3.77. The fourth-order valence-electron chi connectivity index (χ4n) is 2.48. The molecule has 1 saturated heterocycles. The van der Waals surface area contributed by atoms with Gasteiger partial charge in [-0.15, -0.1) is 0 Å². The Morgan fingerprint density at radius 3 is 2.89 bits per heavy atom. The predicted molar refractivity (Wildman–Crippen MR) is 67.0 cm³/mol. The molecule has 2 heterocycles. The molecule has 1 aliphatic rings. The number of hydrogen-bond acceptors (Lipinski definition) is 4. The summed E-state index contributed by atoms with van der Waals surface area (Å²) in [6.07, 6.45) is 7.92. The Kier molecular flexibility index (Phi) is 4.64. The smallest absolute Gasteiger partial charge is 0.303 e. The third-order valence-corrected chi connectivity index (χ3v) is 3.40. The summed E-state index contributed by atoms with van der Waals surface area (Å²) in [5.41, 5.74) is 0. The van der Waals surface area contributed by atoms with E-state index in [1.165, 1.54) is 12.8 Å². The minimum Gasteiger partial charge on any atom is -0.481 e. The zero-order valence-electron chi connectivity index (χ0n) is 10.5. The number of aromatic nitrogens is 2. The number of carboxylic acid groups (broad SMARTS) is 1. The number of carboxylic acids is 1. The summed E-state index contributed by atoms with van der Waals surface area (Å²) in [6.45, 7) is 1.74. The number of likely N-dealkylation sites (tertiary alicyclic amines) is 1. The minimum absolute atomic E-state index is 0.247. The molecule has 0 bridgehead atoms. The highest BCUT2D eigenvalue weighted by atomic mass is 16.4. The molecule has 2 rings (SSSR count). The van der Waals surface area contributed by atoms with Crippen molar-refractivity contribution in [3.05, 3.63) is 24.3 Å². The average Bonchev–Trinajstić information content (AvgIpc) is 2.39. The Bertz CT molecular complexity index is 383. The second kappa shape index (κ2) is 6.44. The summed E-state index contributed by atoms with van der Waals surface area (Å²) in [5, 5.41) is 8.78. The van der Waals surface area contributed by atoms with Gasteiger partial charge in [0.1, 0.15) is 5.82 Å². The number of nitrogens with zero attached hydrogens (tertiary/aromatic N) is 3. The van der Waals surface area contributed by atoms with E-state index in [4.69, 9.17) is 5.11 Å². The van der Waals surface area contributed by atoms with Gasteiger partial charge in [-0.05, 0) is 31.9 Å².